The van der Waals surface area contributed by atoms with Crippen molar-refractivity contribution in [3.05, 3.63) is 45.8 Å². The van der Waals surface area contributed by atoms with Gasteiger partial charge in [-0.05, 0) is 56.0 Å². The fourth-order valence-corrected chi connectivity index (χ4v) is 3.89. The lowest BCUT2D eigenvalue weighted by molar-refractivity contribution is 0.102. The first kappa shape index (κ1) is 14.6. The van der Waals surface area contributed by atoms with E-state index < -0.39 is 0 Å². The summed E-state index contributed by atoms with van der Waals surface area (Å²) in [7, 11) is 0. The number of ether oxygens (including phenoxy) is 1. The number of hydrogen-bond acceptors (Lipinski definition) is 4. The molecule has 1 amide bonds. The predicted octanol–water partition coefficient (Wildman–Crippen LogP) is 3.76. The zero-order valence-corrected chi connectivity index (χ0v) is 13.1. The molecule has 1 aromatic heterocycles. The van der Waals surface area contributed by atoms with Crippen LogP contribution in [0, 0.1) is 11.3 Å². The third kappa shape index (κ3) is 2.70. The molecule has 0 fully saturated rings. The first-order chi connectivity index (χ1) is 10.7. The van der Waals surface area contributed by atoms with E-state index in [4.69, 9.17) is 4.74 Å². The third-order valence-corrected chi connectivity index (χ3v) is 4.89. The molecule has 1 aromatic carbocycles. The number of amides is 1. The summed E-state index contributed by atoms with van der Waals surface area (Å²) in [6.45, 7) is 2.51. The standard InChI is InChI=1S/C17H16N2O2S/c1-2-21-12-8-6-11(7-9-12)16(20)19-17-14(10-18)13-4-3-5-15(13)22-17/h6-9H,2-5H2,1H3,(H,19,20). The Bertz CT molecular complexity index is 741. The van der Waals surface area contributed by atoms with E-state index in [-0.39, 0.29) is 5.91 Å². The number of thiophene rings is 1. The van der Waals surface area contributed by atoms with Crippen molar-refractivity contribution in [2.24, 2.45) is 0 Å². The summed E-state index contributed by atoms with van der Waals surface area (Å²) >= 11 is 1.53. The maximum Gasteiger partial charge on any atom is 0.256 e. The van der Waals surface area contributed by atoms with E-state index in [0.717, 1.165) is 30.6 Å². The van der Waals surface area contributed by atoms with Crippen molar-refractivity contribution in [1.29, 1.82) is 5.26 Å². The van der Waals surface area contributed by atoms with Crippen LogP contribution >= 0.6 is 11.3 Å². The number of carbonyl (C=O) groups is 1. The quantitative estimate of drug-likeness (QED) is 0.935. The van der Waals surface area contributed by atoms with Crippen LogP contribution in [-0.4, -0.2) is 12.5 Å². The van der Waals surface area contributed by atoms with Crippen molar-refractivity contribution >= 4 is 22.2 Å². The Labute approximate surface area is 133 Å². The minimum atomic E-state index is -0.195. The first-order valence-corrected chi connectivity index (χ1v) is 8.13. The second-order valence-corrected chi connectivity index (χ2v) is 6.19. The van der Waals surface area contributed by atoms with Crippen LogP contribution in [-0.2, 0) is 12.8 Å². The lowest BCUT2D eigenvalue weighted by Gasteiger charge is -2.06. The van der Waals surface area contributed by atoms with Gasteiger partial charge in [-0.1, -0.05) is 0 Å². The van der Waals surface area contributed by atoms with Gasteiger partial charge < -0.3 is 10.1 Å². The van der Waals surface area contributed by atoms with Gasteiger partial charge in [-0.2, -0.15) is 5.26 Å². The van der Waals surface area contributed by atoms with Crippen LogP contribution in [0.1, 0.15) is 39.7 Å². The highest BCUT2D eigenvalue weighted by molar-refractivity contribution is 7.16. The van der Waals surface area contributed by atoms with Crippen LogP contribution in [0.2, 0.25) is 0 Å². The average Bonchev–Trinajstić information content (AvgIpc) is 3.08. The number of fused-ring (bicyclic) bond motifs is 1. The third-order valence-electron chi connectivity index (χ3n) is 3.69. The number of anilines is 1. The molecule has 3 rings (SSSR count). The van der Waals surface area contributed by atoms with Gasteiger partial charge in [0.15, 0.2) is 0 Å². The van der Waals surface area contributed by atoms with Crippen LogP contribution in [0.4, 0.5) is 5.00 Å². The van der Waals surface area contributed by atoms with Gasteiger partial charge in [0, 0.05) is 10.4 Å². The van der Waals surface area contributed by atoms with E-state index in [9.17, 15) is 10.1 Å². The zero-order chi connectivity index (χ0) is 15.5. The summed E-state index contributed by atoms with van der Waals surface area (Å²) in [4.78, 5) is 13.6. The minimum Gasteiger partial charge on any atom is -0.494 e. The first-order valence-electron chi connectivity index (χ1n) is 7.31. The Balaban J connectivity index is 1.79. The Kier molecular flexibility index (Phi) is 4.12. The van der Waals surface area contributed by atoms with Gasteiger partial charge in [-0.25, -0.2) is 0 Å². The van der Waals surface area contributed by atoms with Gasteiger partial charge in [0.05, 0.1) is 12.2 Å². The Hall–Kier alpha value is -2.32. The van der Waals surface area contributed by atoms with Crippen molar-refractivity contribution in [3.63, 3.8) is 0 Å². The van der Waals surface area contributed by atoms with E-state index in [1.807, 2.05) is 6.92 Å². The number of benzene rings is 1. The molecule has 1 aliphatic rings. The summed E-state index contributed by atoms with van der Waals surface area (Å²) in [5, 5.41) is 12.9. The number of hydrogen-bond donors (Lipinski definition) is 1. The molecule has 0 bridgehead atoms. The van der Waals surface area contributed by atoms with Gasteiger partial charge in [-0.15, -0.1) is 11.3 Å². The molecule has 112 valence electrons. The van der Waals surface area contributed by atoms with Gasteiger partial charge in [0.2, 0.25) is 0 Å². The second-order valence-electron chi connectivity index (χ2n) is 5.08. The van der Waals surface area contributed by atoms with Crippen LogP contribution in [0.25, 0.3) is 0 Å². The van der Waals surface area contributed by atoms with Gasteiger partial charge in [0.1, 0.15) is 16.8 Å². The van der Waals surface area contributed by atoms with Gasteiger partial charge in [-0.3, -0.25) is 4.79 Å². The van der Waals surface area contributed by atoms with E-state index in [1.54, 1.807) is 24.3 Å². The Morgan fingerprint density at radius 1 is 1.36 bits per heavy atom. The number of nitrogens with zero attached hydrogens (tertiary/aromatic N) is 1. The molecule has 0 unspecified atom stereocenters. The maximum absolute atomic E-state index is 12.3. The second kappa shape index (κ2) is 6.20. The predicted molar refractivity (Wildman–Crippen MR) is 86.6 cm³/mol. The van der Waals surface area contributed by atoms with Crippen molar-refractivity contribution in [2.45, 2.75) is 26.2 Å². The lowest BCUT2D eigenvalue weighted by atomic mass is 10.1. The highest BCUT2D eigenvalue weighted by Crippen LogP contribution is 2.38. The highest BCUT2D eigenvalue weighted by Gasteiger charge is 2.23. The molecule has 4 nitrogen and oxygen atoms in total. The van der Waals surface area contributed by atoms with Crippen molar-refractivity contribution in [2.75, 3.05) is 11.9 Å². The van der Waals surface area contributed by atoms with Crippen LogP contribution in [0.15, 0.2) is 24.3 Å². The molecule has 0 saturated heterocycles. The molecule has 1 heterocycles. The van der Waals surface area contributed by atoms with E-state index in [1.165, 1.54) is 16.2 Å². The highest BCUT2D eigenvalue weighted by atomic mass is 32.1. The summed E-state index contributed by atoms with van der Waals surface area (Å²) in [5.74, 6) is 0.548. The average molecular weight is 312 g/mol. The molecular weight excluding hydrogens is 296 g/mol. The molecule has 0 aliphatic heterocycles. The lowest BCUT2D eigenvalue weighted by Crippen LogP contribution is -2.11. The summed E-state index contributed by atoms with van der Waals surface area (Å²) in [6.07, 6.45) is 3.05. The minimum absolute atomic E-state index is 0.195. The molecule has 22 heavy (non-hydrogen) atoms. The Morgan fingerprint density at radius 3 is 2.82 bits per heavy atom. The normalized spacial score (nSPS) is 12.5. The monoisotopic (exact) mass is 312 g/mol. The fraction of sp³-hybridized carbons (Fsp3) is 0.294. The molecule has 2 aromatic rings. The fourth-order valence-electron chi connectivity index (χ4n) is 2.66. The van der Waals surface area contributed by atoms with Crippen molar-refractivity contribution in [1.82, 2.24) is 0 Å². The molecule has 0 radical (unpaired) electrons. The molecule has 1 N–H and O–H groups in total. The maximum atomic E-state index is 12.3. The van der Waals surface area contributed by atoms with E-state index in [0.29, 0.717) is 22.7 Å². The smallest absolute Gasteiger partial charge is 0.256 e. The van der Waals surface area contributed by atoms with Gasteiger partial charge in [0.25, 0.3) is 5.91 Å². The largest absolute Gasteiger partial charge is 0.494 e. The SMILES string of the molecule is CCOc1ccc(C(=O)Nc2sc3c(c2C#N)CCC3)cc1. The molecule has 1 aliphatic carbocycles. The number of nitriles is 1. The van der Waals surface area contributed by atoms with Crippen molar-refractivity contribution in [3.8, 4) is 11.8 Å². The molecule has 0 atom stereocenters. The Morgan fingerprint density at radius 2 is 2.14 bits per heavy atom. The topological polar surface area (TPSA) is 62.1 Å². The molecule has 0 spiro atoms. The van der Waals surface area contributed by atoms with Crippen molar-refractivity contribution < 1.29 is 9.53 Å². The number of aryl methyl sites for hydroxylation is 1. The number of rotatable bonds is 4. The van der Waals surface area contributed by atoms with Crippen LogP contribution in [0.3, 0.4) is 0 Å². The molecular formula is C17H16N2O2S. The summed E-state index contributed by atoms with van der Waals surface area (Å²) < 4.78 is 5.36. The number of nitrogens with one attached hydrogen (secondary N) is 1. The molecule has 0 saturated carbocycles. The van der Waals surface area contributed by atoms with Crippen LogP contribution in [0.5, 0.6) is 5.75 Å². The summed E-state index contributed by atoms with van der Waals surface area (Å²) in [5.41, 5.74) is 2.31. The summed E-state index contributed by atoms with van der Waals surface area (Å²) in [6, 6.07) is 9.25. The molecule has 5 heteroatoms. The van der Waals surface area contributed by atoms with E-state index >= 15 is 0 Å². The van der Waals surface area contributed by atoms with Crippen LogP contribution < -0.4 is 10.1 Å². The van der Waals surface area contributed by atoms with Gasteiger partial charge >= 0.3 is 0 Å². The number of carbonyl (C=O) groups excluding carboxylic acids is 1. The van der Waals surface area contributed by atoms with E-state index in [2.05, 4.69) is 11.4 Å². The zero-order valence-electron chi connectivity index (χ0n) is 12.3.